The largest absolute Gasteiger partial charge is 0.379 e. The molecular formula is C22H29N3O4S2. The van der Waals surface area contributed by atoms with Crippen molar-refractivity contribution in [2.24, 2.45) is 0 Å². The summed E-state index contributed by atoms with van der Waals surface area (Å²) in [5.41, 5.74) is 2.61. The zero-order chi connectivity index (χ0) is 21.7. The topological polar surface area (TPSA) is 79.0 Å². The molecule has 0 spiro atoms. The van der Waals surface area contributed by atoms with Crippen molar-refractivity contribution in [2.75, 3.05) is 49.6 Å². The van der Waals surface area contributed by atoms with Crippen molar-refractivity contribution in [3.63, 3.8) is 0 Å². The number of ether oxygens (including phenoxy) is 1. The number of nitrogens with zero attached hydrogens (tertiary/aromatic N) is 2. The first-order valence-corrected chi connectivity index (χ1v) is 13.2. The first-order valence-electron chi connectivity index (χ1n) is 10.8. The fourth-order valence-corrected chi connectivity index (χ4v) is 6.17. The monoisotopic (exact) mass is 463 g/mol. The van der Waals surface area contributed by atoms with Crippen LogP contribution in [0.1, 0.15) is 31.2 Å². The molecule has 0 saturated carbocycles. The SMILES string of the molecule is O=C(CCc1ccsc1)Nc1cc(S(=O)(=O)N2CCOCC2)ccc1N1CCCCC1. The molecule has 31 heavy (non-hydrogen) atoms. The number of carbonyl (C=O) groups is 1. The number of benzene rings is 1. The molecule has 9 heteroatoms. The maximum atomic E-state index is 13.1. The number of anilines is 2. The molecule has 2 saturated heterocycles. The predicted molar refractivity (Wildman–Crippen MR) is 123 cm³/mol. The van der Waals surface area contributed by atoms with Crippen LogP contribution in [0.25, 0.3) is 0 Å². The van der Waals surface area contributed by atoms with Crippen molar-refractivity contribution >= 4 is 38.6 Å². The third-order valence-corrected chi connectivity index (χ3v) is 8.39. The Bertz CT molecular complexity index is 980. The maximum Gasteiger partial charge on any atom is 0.243 e. The Morgan fingerprint density at radius 2 is 1.84 bits per heavy atom. The highest BCUT2D eigenvalue weighted by Gasteiger charge is 2.28. The number of amides is 1. The molecule has 1 aromatic carbocycles. The lowest BCUT2D eigenvalue weighted by Gasteiger charge is -2.31. The molecule has 0 radical (unpaired) electrons. The zero-order valence-corrected chi connectivity index (χ0v) is 19.2. The Hall–Kier alpha value is -1.94. The van der Waals surface area contributed by atoms with Crippen LogP contribution >= 0.6 is 11.3 Å². The van der Waals surface area contributed by atoms with E-state index in [4.69, 9.17) is 4.74 Å². The van der Waals surface area contributed by atoms with E-state index in [1.54, 1.807) is 23.5 Å². The van der Waals surface area contributed by atoms with E-state index in [2.05, 4.69) is 10.2 Å². The van der Waals surface area contributed by atoms with Crippen LogP contribution < -0.4 is 10.2 Å². The number of nitrogens with one attached hydrogen (secondary N) is 1. The summed E-state index contributed by atoms with van der Waals surface area (Å²) in [6.07, 6.45) is 4.41. The minimum absolute atomic E-state index is 0.106. The molecule has 1 amide bonds. The van der Waals surface area contributed by atoms with Gasteiger partial charge in [0.15, 0.2) is 0 Å². The summed E-state index contributed by atoms with van der Waals surface area (Å²) in [7, 11) is -3.63. The van der Waals surface area contributed by atoms with Gasteiger partial charge in [0, 0.05) is 32.6 Å². The number of rotatable bonds is 7. The van der Waals surface area contributed by atoms with Gasteiger partial charge in [-0.3, -0.25) is 4.79 Å². The Morgan fingerprint density at radius 3 is 2.55 bits per heavy atom. The first-order chi connectivity index (χ1) is 15.0. The fraction of sp³-hybridized carbons (Fsp3) is 0.500. The molecule has 0 atom stereocenters. The molecule has 168 valence electrons. The summed E-state index contributed by atoms with van der Waals surface area (Å²) in [6, 6.07) is 7.15. The molecular weight excluding hydrogens is 434 g/mol. The Kier molecular flexibility index (Phi) is 7.27. The summed E-state index contributed by atoms with van der Waals surface area (Å²) < 4.78 is 33.0. The highest BCUT2D eigenvalue weighted by Crippen LogP contribution is 2.32. The molecule has 0 aliphatic carbocycles. The van der Waals surface area contributed by atoms with Crippen molar-refractivity contribution in [1.29, 1.82) is 0 Å². The van der Waals surface area contributed by atoms with E-state index in [0.29, 0.717) is 44.8 Å². The van der Waals surface area contributed by atoms with E-state index >= 15 is 0 Å². The number of thiophene rings is 1. The van der Waals surface area contributed by atoms with Gasteiger partial charge in [-0.1, -0.05) is 0 Å². The van der Waals surface area contributed by atoms with E-state index in [1.807, 2.05) is 22.9 Å². The van der Waals surface area contributed by atoms with Crippen molar-refractivity contribution in [2.45, 2.75) is 37.0 Å². The Morgan fingerprint density at radius 1 is 1.06 bits per heavy atom. The molecule has 2 aliphatic rings. The summed E-state index contributed by atoms with van der Waals surface area (Å²) in [5.74, 6) is -0.106. The zero-order valence-electron chi connectivity index (χ0n) is 17.6. The van der Waals surface area contributed by atoms with Gasteiger partial charge in [-0.2, -0.15) is 15.6 Å². The number of carbonyl (C=O) groups excluding carboxylic acids is 1. The van der Waals surface area contributed by atoms with Crippen LogP contribution in [0.3, 0.4) is 0 Å². The summed E-state index contributed by atoms with van der Waals surface area (Å²) in [5, 5.41) is 7.05. The third-order valence-electron chi connectivity index (χ3n) is 5.77. The second-order valence-corrected chi connectivity index (χ2v) is 10.6. The number of aryl methyl sites for hydroxylation is 1. The van der Waals surface area contributed by atoms with Gasteiger partial charge in [-0.25, -0.2) is 8.42 Å². The molecule has 4 rings (SSSR count). The Labute approximate surface area is 188 Å². The van der Waals surface area contributed by atoms with Crippen LogP contribution in [0.5, 0.6) is 0 Å². The van der Waals surface area contributed by atoms with Crippen LogP contribution in [0.2, 0.25) is 0 Å². The average Bonchev–Trinajstić information content (AvgIpc) is 3.33. The molecule has 2 aromatic rings. The van der Waals surface area contributed by atoms with Gasteiger partial charge in [0.25, 0.3) is 0 Å². The van der Waals surface area contributed by atoms with Gasteiger partial charge in [-0.05, 0) is 66.3 Å². The standard InChI is InChI=1S/C22H29N3O4S2/c26-22(7-4-18-8-15-30-17-18)23-20-16-19(31(27,28)25-11-13-29-14-12-25)5-6-21(20)24-9-2-1-3-10-24/h5-6,8,15-17H,1-4,7,9-14H2,(H,23,26). The number of morpholine rings is 1. The number of piperidine rings is 1. The third kappa shape index (κ3) is 5.46. The minimum atomic E-state index is -3.63. The first kappa shape index (κ1) is 22.3. The molecule has 1 N–H and O–H groups in total. The van der Waals surface area contributed by atoms with Gasteiger partial charge in [-0.15, -0.1) is 0 Å². The molecule has 0 unspecified atom stereocenters. The number of hydrogen-bond donors (Lipinski definition) is 1. The quantitative estimate of drug-likeness (QED) is 0.681. The molecule has 0 bridgehead atoms. The summed E-state index contributed by atoms with van der Waals surface area (Å²) in [6.45, 7) is 3.31. The second kappa shape index (κ2) is 10.1. The molecule has 2 fully saturated rings. The smallest absolute Gasteiger partial charge is 0.243 e. The van der Waals surface area contributed by atoms with Crippen molar-refractivity contribution in [3.05, 3.63) is 40.6 Å². The second-order valence-electron chi connectivity index (χ2n) is 7.92. The van der Waals surface area contributed by atoms with E-state index in [9.17, 15) is 13.2 Å². The van der Waals surface area contributed by atoms with Gasteiger partial charge >= 0.3 is 0 Å². The fourth-order valence-electron chi connectivity index (χ4n) is 4.03. The maximum absolute atomic E-state index is 13.1. The van der Waals surface area contributed by atoms with Gasteiger partial charge in [0.2, 0.25) is 15.9 Å². The molecule has 2 aliphatic heterocycles. The molecule has 3 heterocycles. The van der Waals surface area contributed by atoms with Crippen LogP contribution in [0.4, 0.5) is 11.4 Å². The van der Waals surface area contributed by atoms with E-state index in [0.717, 1.165) is 37.2 Å². The van der Waals surface area contributed by atoms with E-state index < -0.39 is 10.0 Å². The van der Waals surface area contributed by atoms with E-state index in [1.165, 1.54) is 10.7 Å². The Balaban J connectivity index is 1.57. The predicted octanol–water partition coefficient (Wildman–Crippen LogP) is 3.33. The summed E-state index contributed by atoms with van der Waals surface area (Å²) in [4.78, 5) is 15.2. The normalized spacial score (nSPS) is 18.1. The number of sulfonamides is 1. The van der Waals surface area contributed by atoms with E-state index in [-0.39, 0.29) is 10.8 Å². The lowest BCUT2D eigenvalue weighted by atomic mass is 10.1. The highest BCUT2D eigenvalue weighted by atomic mass is 32.2. The van der Waals surface area contributed by atoms with Crippen molar-refractivity contribution in [3.8, 4) is 0 Å². The van der Waals surface area contributed by atoms with Crippen molar-refractivity contribution < 1.29 is 17.9 Å². The van der Waals surface area contributed by atoms with Gasteiger partial charge < -0.3 is 15.0 Å². The lowest BCUT2D eigenvalue weighted by molar-refractivity contribution is -0.116. The average molecular weight is 464 g/mol. The highest BCUT2D eigenvalue weighted by molar-refractivity contribution is 7.89. The number of hydrogen-bond acceptors (Lipinski definition) is 6. The van der Waals surface area contributed by atoms with Gasteiger partial charge in [0.1, 0.15) is 0 Å². The van der Waals surface area contributed by atoms with Crippen molar-refractivity contribution in [1.82, 2.24) is 4.31 Å². The van der Waals surface area contributed by atoms with Crippen LogP contribution in [0.15, 0.2) is 39.9 Å². The minimum Gasteiger partial charge on any atom is -0.379 e. The summed E-state index contributed by atoms with van der Waals surface area (Å²) >= 11 is 1.62. The van der Waals surface area contributed by atoms with Crippen LogP contribution in [-0.2, 0) is 26.0 Å². The van der Waals surface area contributed by atoms with Crippen LogP contribution in [-0.4, -0.2) is 58.0 Å². The molecule has 1 aromatic heterocycles. The molecule has 7 nitrogen and oxygen atoms in total. The van der Waals surface area contributed by atoms with Crippen LogP contribution in [0, 0.1) is 0 Å². The van der Waals surface area contributed by atoms with Gasteiger partial charge in [0.05, 0.1) is 29.5 Å². The lowest BCUT2D eigenvalue weighted by Crippen LogP contribution is -2.40.